The maximum absolute atomic E-state index is 13.0. The molecule has 1 heterocycles. The van der Waals surface area contributed by atoms with Crippen molar-refractivity contribution in [2.45, 2.75) is 13.3 Å². The molecular formula is C21H19Br2N3O3. The topological polar surface area (TPSA) is 65.7 Å². The highest BCUT2D eigenvalue weighted by atomic mass is 79.9. The molecule has 0 unspecified atom stereocenters. The molecule has 0 aliphatic rings. The van der Waals surface area contributed by atoms with Crippen LogP contribution < -0.4 is 15.0 Å². The summed E-state index contributed by atoms with van der Waals surface area (Å²) in [5, 5.41) is 4.90. The van der Waals surface area contributed by atoms with Crippen LogP contribution in [0.1, 0.15) is 18.3 Å². The van der Waals surface area contributed by atoms with Gasteiger partial charge in [0.05, 0.1) is 28.7 Å². The molecule has 150 valence electrons. The third kappa shape index (κ3) is 4.59. The van der Waals surface area contributed by atoms with Crippen LogP contribution in [0.3, 0.4) is 0 Å². The maximum Gasteiger partial charge on any atom is 0.282 e. The number of ether oxygens (including phenoxy) is 2. The molecule has 3 rings (SSSR count). The molecule has 0 aliphatic heterocycles. The van der Waals surface area contributed by atoms with Gasteiger partial charge in [-0.25, -0.2) is 4.98 Å². The number of fused-ring (bicyclic) bond motifs is 1. The smallest absolute Gasteiger partial charge is 0.282 e. The number of rotatable bonds is 7. The van der Waals surface area contributed by atoms with Crippen LogP contribution in [0.5, 0.6) is 11.5 Å². The molecule has 0 saturated heterocycles. The monoisotopic (exact) mass is 519 g/mol. The Morgan fingerprint density at radius 1 is 1.28 bits per heavy atom. The summed E-state index contributed by atoms with van der Waals surface area (Å²) in [4.78, 5) is 17.5. The Kier molecular flexibility index (Phi) is 6.87. The summed E-state index contributed by atoms with van der Waals surface area (Å²) in [6, 6.07) is 9.06. The number of methoxy groups -OCH3 is 1. The Labute approximate surface area is 185 Å². The predicted molar refractivity (Wildman–Crippen MR) is 122 cm³/mol. The van der Waals surface area contributed by atoms with Crippen LogP contribution in [0, 0.1) is 0 Å². The van der Waals surface area contributed by atoms with Crippen LogP contribution in [0.4, 0.5) is 0 Å². The Morgan fingerprint density at radius 2 is 2.07 bits per heavy atom. The van der Waals surface area contributed by atoms with Gasteiger partial charge in [-0.15, -0.1) is 0 Å². The van der Waals surface area contributed by atoms with Gasteiger partial charge in [0.15, 0.2) is 11.5 Å². The van der Waals surface area contributed by atoms with Crippen molar-refractivity contribution in [2.75, 3.05) is 13.7 Å². The molecule has 0 saturated carbocycles. The van der Waals surface area contributed by atoms with Gasteiger partial charge in [0, 0.05) is 10.9 Å². The molecule has 0 N–H and O–H groups in total. The minimum atomic E-state index is -0.221. The van der Waals surface area contributed by atoms with Gasteiger partial charge in [-0.3, -0.25) is 4.79 Å². The van der Waals surface area contributed by atoms with Gasteiger partial charge >= 0.3 is 0 Å². The zero-order chi connectivity index (χ0) is 21.0. The number of hydrogen-bond donors (Lipinski definition) is 0. The molecule has 0 radical (unpaired) electrons. The molecular weight excluding hydrogens is 502 g/mol. The zero-order valence-corrected chi connectivity index (χ0v) is 19.2. The Balaban J connectivity index is 2.06. The molecule has 8 heteroatoms. The first-order chi connectivity index (χ1) is 14.0. The molecule has 0 amide bonds. The Hall–Kier alpha value is -2.45. The van der Waals surface area contributed by atoms with Crippen molar-refractivity contribution in [1.29, 1.82) is 0 Å². The van der Waals surface area contributed by atoms with Crippen LogP contribution in [0.2, 0.25) is 0 Å². The second kappa shape index (κ2) is 9.37. The Bertz CT molecular complexity index is 1160. The molecule has 0 bridgehead atoms. The maximum atomic E-state index is 13.0. The van der Waals surface area contributed by atoms with Gasteiger partial charge in [-0.1, -0.05) is 35.5 Å². The number of hydrogen-bond acceptors (Lipinski definition) is 5. The van der Waals surface area contributed by atoms with Crippen LogP contribution in [-0.4, -0.2) is 29.6 Å². The summed E-state index contributed by atoms with van der Waals surface area (Å²) in [5.41, 5.74) is 1.17. The third-order valence-electron chi connectivity index (χ3n) is 4.11. The van der Waals surface area contributed by atoms with Crippen LogP contribution >= 0.6 is 31.9 Å². The van der Waals surface area contributed by atoms with E-state index in [1.807, 2.05) is 25.1 Å². The molecule has 29 heavy (non-hydrogen) atoms. The highest BCUT2D eigenvalue weighted by Gasteiger charge is 2.12. The van der Waals surface area contributed by atoms with Crippen LogP contribution in [0.25, 0.3) is 10.9 Å². The lowest BCUT2D eigenvalue weighted by Crippen LogP contribution is -2.22. The fourth-order valence-corrected chi connectivity index (χ4v) is 3.70. The molecule has 0 fully saturated rings. The van der Waals surface area contributed by atoms with E-state index in [2.05, 4.69) is 48.5 Å². The first-order valence-corrected chi connectivity index (χ1v) is 10.4. The van der Waals surface area contributed by atoms with Crippen LogP contribution in [0.15, 0.2) is 61.8 Å². The minimum absolute atomic E-state index is 0.221. The molecule has 3 aromatic rings. The summed E-state index contributed by atoms with van der Waals surface area (Å²) in [7, 11) is 1.56. The van der Waals surface area contributed by atoms with E-state index in [0.717, 1.165) is 10.0 Å². The number of aryl methyl sites for hydroxylation is 1. The fourth-order valence-electron chi connectivity index (χ4n) is 2.76. The highest BCUT2D eigenvalue weighted by molar-refractivity contribution is 9.10. The molecule has 2 aromatic carbocycles. The molecule has 0 atom stereocenters. The average molecular weight is 521 g/mol. The summed E-state index contributed by atoms with van der Waals surface area (Å²) in [6.07, 6.45) is 3.82. The lowest BCUT2D eigenvalue weighted by molar-refractivity contribution is 0.324. The average Bonchev–Trinajstić information content (AvgIpc) is 2.72. The van der Waals surface area contributed by atoms with E-state index in [9.17, 15) is 4.79 Å². The van der Waals surface area contributed by atoms with Crippen molar-refractivity contribution in [3.63, 3.8) is 0 Å². The second-order valence-electron chi connectivity index (χ2n) is 6.04. The summed E-state index contributed by atoms with van der Waals surface area (Å²) in [5.74, 6) is 1.71. The Morgan fingerprint density at radius 3 is 2.76 bits per heavy atom. The van der Waals surface area contributed by atoms with Crippen molar-refractivity contribution >= 4 is 49.0 Å². The molecule has 0 aliphatic carbocycles. The molecule has 0 spiro atoms. The predicted octanol–water partition coefficient (Wildman–Crippen LogP) is 4.94. The quantitative estimate of drug-likeness (QED) is 0.327. The summed E-state index contributed by atoms with van der Waals surface area (Å²) >= 11 is 6.89. The van der Waals surface area contributed by atoms with E-state index in [0.29, 0.717) is 45.7 Å². The standard InChI is InChI=1S/C21H19Br2N3O3/c1-4-8-29-20-16(23)9-13(10-18(20)28-3)12-24-26-19(5-2)25-17-7-6-14(22)11-15(17)21(26)27/h4,6-7,9-12H,1,5,8H2,2-3H3. The summed E-state index contributed by atoms with van der Waals surface area (Å²) < 4.78 is 13.9. The highest BCUT2D eigenvalue weighted by Crippen LogP contribution is 2.36. The largest absolute Gasteiger partial charge is 0.493 e. The van der Waals surface area contributed by atoms with Gasteiger partial charge in [0.2, 0.25) is 0 Å². The second-order valence-corrected chi connectivity index (χ2v) is 7.81. The van der Waals surface area contributed by atoms with Crippen molar-refractivity contribution in [2.24, 2.45) is 5.10 Å². The number of benzene rings is 2. The summed E-state index contributed by atoms with van der Waals surface area (Å²) in [6.45, 7) is 5.94. The van der Waals surface area contributed by atoms with Gasteiger partial charge < -0.3 is 9.47 Å². The minimum Gasteiger partial charge on any atom is -0.493 e. The lowest BCUT2D eigenvalue weighted by Gasteiger charge is -2.12. The normalized spacial score (nSPS) is 11.2. The third-order valence-corrected chi connectivity index (χ3v) is 5.19. The van der Waals surface area contributed by atoms with Gasteiger partial charge in [-0.2, -0.15) is 9.78 Å². The first kappa shape index (κ1) is 21.3. The van der Waals surface area contributed by atoms with Gasteiger partial charge in [-0.05, 0) is 51.8 Å². The van der Waals surface area contributed by atoms with E-state index in [4.69, 9.17) is 9.47 Å². The van der Waals surface area contributed by atoms with Crippen molar-refractivity contribution < 1.29 is 9.47 Å². The lowest BCUT2D eigenvalue weighted by atomic mass is 10.2. The van der Waals surface area contributed by atoms with Crippen LogP contribution in [-0.2, 0) is 6.42 Å². The number of halogens is 2. The van der Waals surface area contributed by atoms with E-state index in [-0.39, 0.29) is 5.56 Å². The van der Waals surface area contributed by atoms with Crippen molar-refractivity contribution in [1.82, 2.24) is 9.66 Å². The van der Waals surface area contributed by atoms with E-state index in [1.54, 1.807) is 31.5 Å². The SMILES string of the molecule is C=CCOc1c(Br)cc(C=Nn2c(CC)nc3ccc(Br)cc3c2=O)cc1OC. The van der Waals surface area contributed by atoms with Gasteiger partial charge in [0.25, 0.3) is 5.56 Å². The van der Waals surface area contributed by atoms with Crippen molar-refractivity contribution in [3.05, 3.63) is 73.7 Å². The van der Waals surface area contributed by atoms with E-state index >= 15 is 0 Å². The van der Waals surface area contributed by atoms with E-state index < -0.39 is 0 Å². The van der Waals surface area contributed by atoms with Crippen molar-refractivity contribution in [3.8, 4) is 11.5 Å². The molecule has 6 nitrogen and oxygen atoms in total. The van der Waals surface area contributed by atoms with E-state index in [1.165, 1.54) is 4.68 Å². The first-order valence-electron chi connectivity index (χ1n) is 8.85. The fraction of sp³-hybridized carbons (Fsp3) is 0.190. The van der Waals surface area contributed by atoms with Gasteiger partial charge in [0.1, 0.15) is 12.4 Å². The number of aromatic nitrogens is 2. The zero-order valence-electron chi connectivity index (χ0n) is 16.0. The number of nitrogens with zero attached hydrogens (tertiary/aromatic N) is 3. The molecule has 1 aromatic heterocycles.